The summed E-state index contributed by atoms with van der Waals surface area (Å²) < 4.78 is 5.03. The van der Waals surface area contributed by atoms with Gasteiger partial charge in [-0.25, -0.2) is 0 Å². The maximum atomic E-state index is 11.0. The summed E-state index contributed by atoms with van der Waals surface area (Å²) in [4.78, 5) is 11.0. The Balaban J connectivity index is 3.66. The van der Waals surface area contributed by atoms with Gasteiger partial charge in [0, 0.05) is 20.2 Å². The molecular weight excluding hydrogens is 182 g/mol. The van der Waals surface area contributed by atoms with Gasteiger partial charge in [0.15, 0.2) is 0 Å². The van der Waals surface area contributed by atoms with Crippen molar-refractivity contribution in [3.63, 3.8) is 0 Å². The highest BCUT2D eigenvalue weighted by Crippen LogP contribution is 1.96. The number of ether oxygens (including phenoxy) is 1. The van der Waals surface area contributed by atoms with Crippen LogP contribution in [0.4, 0.5) is 0 Å². The SMILES string of the molecule is CNC(=O)CNC(CCCN)COC. The molecule has 0 aliphatic carbocycles. The Kier molecular flexibility index (Phi) is 8.51. The van der Waals surface area contributed by atoms with Crippen molar-refractivity contribution in [2.24, 2.45) is 5.73 Å². The third-order valence-electron chi connectivity index (χ3n) is 1.95. The number of methoxy groups -OCH3 is 1. The Bertz CT molecular complexity index is 153. The van der Waals surface area contributed by atoms with E-state index in [1.165, 1.54) is 0 Å². The lowest BCUT2D eigenvalue weighted by molar-refractivity contribution is -0.119. The van der Waals surface area contributed by atoms with Crippen molar-refractivity contribution in [3.05, 3.63) is 0 Å². The zero-order valence-electron chi connectivity index (χ0n) is 9.01. The van der Waals surface area contributed by atoms with Crippen LogP contribution in [-0.2, 0) is 9.53 Å². The van der Waals surface area contributed by atoms with Crippen LogP contribution in [0.1, 0.15) is 12.8 Å². The van der Waals surface area contributed by atoms with Crippen molar-refractivity contribution in [2.45, 2.75) is 18.9 Å². The molecule has 0 radical (unpaired) electrons. The molecule has 0 aromatic carbocycles. The standard InChI is InChI=1S/C9H21N3O2/c1-11-9(13)6-12-8(7-14-2)4-3-5-10/h8,12H,3-7,10H2,1-2H3,(H,11,13). The van der Waals surface area contributed by atoms with E-state index in [4.69, 9.17) is 10.5 Å². The zero-order chi connectivity index (χ0) is 10.8. The molecule has 0 aromatic rings. The number of rotatable bonds is 8. The molecule has 0 heterocycles. The molecule has 0 spiro atoms. The summed E-state index contributed by atoms with van der Waals surface area (Å²) >= 11 is 0. The van der Waals surface area contributed by atoms with E-state index in [9.17, 15) is 4.79 Å². The number of carbonyl (C=O) groups excluding carboxylic acids is 1. The van der Waals surface area contributed by atoms with Gasteiger partial charge >= 0.3 is 0 Å². The maximum absolute atomic E-state index is 11.0. The summed E-state index contributed by atoms with van der Waals surface area (Å²) in [6.45, 7) is 1.61. The number of hydrogen-bond donors (Lipinski definition) is 3. The predicted octanol–water partition coefficient (Wildman–Crippen LogP) is -0.924. The second-order valence-electron chi connectivity index (χ2n) is 3.14. The molecule has 0 aliphatic heterocycles. The third kappa shape index (κ3) is 6.82. The highest BCUT2D eigenvalue weighted by molar-refractivity contribution is 5.77. The molecule has 0 fully saturated rings. The molecule has 5 nitrogen and oxygen atoms in total. The van der Waals surface area contributed by atoms with Crippen LogP contribution < -0.4 is 16.4 Å². The van der Waals surface area contributed by atoms with Crippen molar-refractivity contribution in [2.75, 3.05) is 33.9 Å². The lowest BCUT2D eigenvalue weighted by Gasteiger charge is -2.16. The van der Waals surface area contributed by atoms with Crippen molar-refractivity contribution in [1.29, 1.82) is 0 Å². The minimum atomic E-state index is -0.0150. The van der Waals surface area contributed by atoms with Gasteiger partial charge in [0.05, 0.1) is 13.2 Å². The fourth-order valence-electron chi connectivity index (χ4n) is 1.14. The molecule has 4 N–H and O–H groups in total. The van der Waals surface area contributed by atoms with Crippen LogP contribution in [0.15, 0.2) is 0 Å². The van der Waals surface area contributed by atoms with Gasteiger partial charge in [-0.3, -0.25) is 4.79 Å². The quantitative estimate of drug-likeness (QED) is 0.476. The van der Waals surface area contributed by atoms with E-state index in [-0.39, 0.29) is 11.9 Å². The topological polar surface area (TPSA) is 76.4 Å². The summed E-state index contributed by atoms with van der Waals surface area (Å²) in [7, 11) is 3.27. The number of carbonyl (C=O) groups is 1. The van der Waals surface area contributed by atoms with Crippen molar-refractivity contribution < 1.29 is 9.53 Å². The molecule has 1 atom stereocenters. The molecule has 0 bridgehead atoms. The fraction of sp³-hybridized carbons (Fsp3) is 0.889. The van der Waals surface area contributed by atoms with Gasteiger partial charge in [-0.15, -0.1) is 0 Å². The van der Waals surface area contributed by atoms with Crippen LogP contribution in [0.25, 0.3) is 0 Å². The van der Waals surface area contributed by atoms with Gasteiger partial charge in [0.25, 0.3) is 0 Å². The molecule has 0 rings (SSSR count). The molecular formula is C9H21N3O2. The van der Waals surface area contributed by atoms with Crippen molar-refractivity contribution in [3.8, 4) is 0 Å². The van der Waals surface area contributed by atoms with Crippen molar-refractivity contribution in [1.82, 2.24) is 10.6 Å². The number of nitrogens with two attached hydrogens (primary N) is 1. The molecule has 0 aromatic heterocycles. The zero-order valence-corrected chi connectivity index (χ0v) is 9.01. The van der Waals surface area contributed by atoms with E-state index in [1.807, 2.05) is 0 Å². The van der Waals surface area contributed by atoms with Crippen LogP contribution in [-0.4, -0.2) is 45.8 Å². The largest absolute Gasteiger partial charge is 0.383 e. The minimum Gasteiger partial charge on any atom is -0.383 e. The predicted molar refractivity (Wildman–Crippen MR) is 56.0 cm³/mol. The van der Waals surface area contributed by atoms with Crippen LogP contribution in [0.5, 0.6) is 0 Å². The Morgan fingerprint density at radius 3 is 2.79 bits per heavy atom. The van der Waals surface area contributed by atoms with Crippen LogP contribution >= 0.6 is 0 Å². The molecule has 1 unspecified atom stereocenters. The van der Waals surface area contributed by atoms with Crippen LogP contribution in [0.3, 0.4) is 0 Å². The molecule has 0 aliphatic rings. The third-order valence-corrected chi connectivity index (χ3v) is 1.95. The number of amides is 1. The Labute approximate surface area is 85.4 Å². The normalized spacial score (nSPS) is 12.5. The average molecular weight is 203 g/mol. The van der Waals surface area contributed by atoms with Gasteiger partial charge in [-0.05, 0) is 19.4 Å². The van der Waals surface area contributed by atoms with E-state index in [0.29, 0.717) is 19.7 Å². The molecule has 1 amide bonds. The summed E-state index contributed by atoms with van der Waals surface area (Å²) in [5, 5.41) is 5.67. The molecule has 0 saturated carbocycles. The maximum Gasteiger partial charge on any atom is 0.233 e. The van der Waals surface area contributed by atoms with E-state index in [0.717, 1.165) is 12.8 Å². The molecule has 14 heavy (non-hydrogen) atoms. The van der Waals surface area contributed by atoms with E-state index >= 15 is 0 Å². The Morgan fingerprint density at radius 1 is 1.57 bits per heavy atom. The second kappa shape index (κ2) is 8.93. The van der Waals surface area contributed by atoms with Gasteiger partial charge in [0.1, 0.15) is 0 Å². The minimum absolute atomic E-state index is 0.0150. The van der Waals surface area contributed by atoms with Gasteiger partial charge in [-0.2, -0.15) is 0 Å². The first-order chi connectivity index (χ1) is 6.74. The summed E-state index contributed by atoms with van der Waals surface area (Å²) in [5.41, 5.74) is 5.41. The molecule has 0 saturated heterocycles. The average Bonchev–Trinajstić information content (AvgIpc) is 2.21. The summed E-state index contributed by atoms with van der Waals surface area (Å²) in [6, 6.07) is 0.209. The van der Waals surface area contributed by atoms with E-state index in [1.54, 1.807) is 14.2 Å². The fourth-order valence-corrected chi connectivity index (χ4v) is 1.14. The van der Waals surface area contributed by atoms with Gasteiger partial charge in [0.2, 0.25) is 5.91 Å². The van der Waals surface area contributed by atoms with E-state index in [2.05, 4.69) is 10.6 Å². The van der Waals surface area contributed by atoms with Crippen LogP contribution in [0.2, 0.25) is 0 Å². The molecule has 5 heteroatoms. The molecule has 84 valence electrons. The Morgan fingerprint density at radius 2 is 2.29 bits per heavy atom. The summed E-state index contributed by atoms with van der Waals surface area (Å²) in [6.07, 6.45) is 1.87. The number of hydrogen-bond acceptors (Lipinski definition) is 4. The van der Waals surface area contributed by atoms with Crippen LogP contribution in [0, 0.1) is 0 Å². The van der Waals surface area contributed by atoms with Gasteiger partial charge < -0.3 is 21.1 Å². The lowest BCUT2D eigenvalue weighted by atomic mass is 10.1. The lowest BCUT2D eigenvalue weighted by Crippen LogP contribution is -2.40. The first-order valence-corrected chi connectivity index (χ1v) is 4.87. The van der Waals surface area contributed by atoms with Crippen molar-refractivity contribution >= 4 is 5.91 Å². The smallest absolute Gasteiger partial charge is 0.233 e. The monoisotopic (exact) mass is 203 g/mol. The first kappa shape index (κ1) is 13.4. The second-order valence-corrected chi connectivity index (χ2v) is 3.14. The highest BCUT2D eigenvalue weighted by Gasteiger charge is 2.08. The summed E-state index contributed by atoms with van der Waals surface area (Å²) in [5.74, 6) is -0.0150. The van der Waals surface area contributed by atoms with E-state index < -0.39 is 0 Å². The van der Waals surface area contributed by atoms with Gasteiger partial charge in [-0.1, -0.05) is 0 Å². The highest BCUT2D eigenvalue weighted by atomic mass is 16.5. The first-order valence-electron chi connectivity index (χ1n) is 4.87. The number of nitrogens with one attached hydrogen (secondary N) is 2. The Hall–Kier alpha value is -0.650. The number of likely N-dealkylation sites (N-methyl/N-ethyl adjacent to an activating group) is 1.